The largest absolute Gasteiger partial charge is 0.595 e. The van der Waals surface area contributed by atoms with Crippen molar-refractivity contribution in [3.05, 3.63) is 81.2 Å². The Morgan fingerprint density at radius 2 is 1.18 bits per heavy atom. The molecule has 1 aliphatic carbocycles. The van der Waals surface area contributed by atoms with Crippen LogP contribution in [0.5, 0.6) is 0 Å². The van der Waals surface area contributed by atoms with Gasteiger partial charge >= 0.3 is 0 Å². The van der Waals surface area contributed by atoms with E-state index in [0.29, 0.717) is 29.9 Å². The van der Waals surface area contributed by atoms with E-state index in [1.165, 1.54) is 24.3 Å². The Bertz CT molecular complexity index is 826. The molecule has 1 saturated carbocycles. The summed E-state index contributed by atoms with van der Waals surface area (Å²) in [6.45, 7) is 2.08. The quantitative estimate of drug-likeness (QED) is 0.477. The number of Topliss-reactive ketones (excluding diaryl/α,β-unsaturated/α-hetero) is 1. The summed E-state index contributed by atoms with van der Waals surface area (Å²) in [5.74, 6) is 0.273. The summed E-state index contributed by atoms with van der Waals surface area (Å²) in [5.41, 5.74) is 3.36. The molecule has 7 heteroatoms. The molecule has 0 amide bonds. The summed E-state index contributed by atoms with van der Waals surface area (Å²) in [6.07, 6.45) is 4.94. The van der Waals surface area contributed by atoms with Crippen molar-refractivity contribution in [1.29, 1.82) is 0 Å². The molecule has 2 aromatic carbocycles. The number of nitrogens with one attached hydrogen (secondary N) is 2. The maximum absolute atomic E-state index is 12.9. The van der Waals surface area contributed by atoms with E-state index in [1.54, 1.807) is 24.3 Å². The second-order valence-corrected chi connectivity index (χ2v) is 7.04. The van der Waals surface area contributed by atoms with Crippen LogP contribution in [0, 0.1) is 16.3 Å². The molecule has 0 radical (unpaired) electrons. The normalized spacial score (nSPS) is 22.5. The molecule has 1 fully saturated rings. The average molecular weight is 382 g/mol. The summed E-state index contributed by atoms with van der Waals surface area (Å²) in [7, 11) is 0. The third kappa shape index (κ3) is 4.79. The van der Waals surface area contributed by atoms with Crippen LogP contribution in [0.2, 0.25) is 0 Å². The highest BCUT2D eigenvalue weighted by atomic mass is 16.8. The van der Waals surface area contributed by atoms with Gasteiger partial charge in [-0.25, -0.2) is 10.4 Å². The van der Waals surface area contributed by atoms with Crippen molar-refractivity contribution < 1.29 is 25.7 Å². The van der Waals surface area contributed by atoms with E-state index < -0.39 is 10.5 Å². The van der Waals surface area contributed by atoms with Crippen LogP contribution in [0.15, 0.2) is 59.7 Å². The first kappa shape index (κ1) is 20.1. The number of hydrogen-bond acceptors (Lipinski definition) is 5. The van der Waals surface area contributed by atoms with Crippen molar-refractivity contribution in [3.63, 3.8) is 0 Å². The lowest BCUT2D eigenvalue weighted by molar-refractivity contribution is -0.991. The van der Waals surface area contributed by atoms with Gasteiger partial charge in [-0.2, -0.15) is 10.5 Å². The molecule has 0 spiro atoms. The molecule has 0 aromatic heterocycles. The van der Waals surface area contributed by atoms with E-state index in [2.05, 4.69) is 6.92 Å². The van der Waals surface area contributed by atoms with Crippen molar-refractivity contribution in [2.75, 3.05) is 0 Å². The van der Waals surface area contributed by atoms with Crippen molar-refractivity contribution in [3.8, 4) is 0 Å². The van der Waals surface area contributed by atoms with Crippen LogP contribution >= 0.6 is 0 Å². The minimum Gasteiger partial charge on any atom is -0.595 e. The number of hydrogen-bond donors (Lipinski definition) is 4. The number of ketones is 1. The molecular weight excluding hydrogens is 360 g/mol. The number of benzene rings is 2. The van der Waals surface area contributed by atoms with Gasteiger partial charge in [-0.3, -0.25) is 4.79 Å². The standard InChI is InChI=1S/C21H22N2O5/c1-14-10-17(12-15-2-6-19(7-3-15)22(25)26)21(24)18(11-14)13-16-4-8-20(9-5-16)23(27)28/h2-9,12-14,22-23,25,27H,10-11H2,1H3. The van der Waals surface area contributed by atoms with Crippen molar-refractivity contribution in [2.45, 2.75) is 19.8 Å². The topological polar surface area (TPSA) is 113 Å². The first-order valence-corrected chi connectivity index (χ1v) is 8.96. The fourth-order valence-electron chi connectivity index (χ4n) is 3.31. The zero-order valence-electron chi connectivity index (χ0n) is 15.4. The Hall–Kier alpha value is -2.65. The second-order valence-electron chi connectivity index (χ2n) is 7.04. The molecule has 0 saturated heterocycles. The smallest absolute Gasteiger partial charge is 0.185 e. The Labute approximate surface area is 162 Å². The lowest BCUT2D eigenvalue weighted by atomic mass is 9.81. The fraction of sp³-hybridized carbons (Fsp3) is 0.190. The van der Waals surface area contributed by atoms with Crippen LogP contribution in [-0.2, 0) is 4.79 Å². The van der Waals surface area contributed by atoms with Crippen LogP contribution in [0.25, 0.3) is 12.2 Å². The number of carbonyl (C=O) groups excluding carboxylic acids is 1. The second kappa shape index (κ2) is 8.57. The minimum absolute atomic E-state index is 0.0253. The van der Waals surface area contributed by atoms with Crippen LogP contribution in [-0.4, -0.2) is 16.2 Å². The molecular formula is C21H22N2O5. The predicted octanol–water partition coefficient (Wildman–Crippen LogP) is 1.96. The van der Waals surface area contributed by atoms with Crippen LogP contribution < -0.4 is 10.5 Å². The highest BCUT2D eigenvalue weighted by molar-refractivity contribution is 6.14. The van der Waals surface area contributed by atoms with Crippen molar-refractivity contribution in [2.24, 2.45) is 5.92 Å². The Balaban J connectivity index is 1.85. The highest BCUT2D eigenvalue weighted by Gasteiger charge is 2.25. The van der Waals surface area contributed by atoms with Crippen LogP contribution in [0.4, 0.5) is 11.4 Å². The third-order valence-corrected chi connectivity index (χ3v) is 4.72. The molecule has 2 unspecified atom stereocenters. The maximum Gasteiger partial charge on any atom is 0.185 e. The molecule has 0 bridgehead atoms. The molecule has 1 aliphatic rings. The molecule has 0 aliphatic heterocycles. The van der Waals surface area contributed by atoms with Gasteiger partial charge in [0.2, 0.25) is 0 Å². The molecule has 2 atom stereocenters. The maximum atomic E-state index is 12.9. The summed E-state index contributed by atoms with van der Waals surface area (Å²) in [4.78, 5) is 12.9. The molecule has 0 heterocycles. The first-order valence-electron chi connectivity index (χ1n) is 8.96. The molecule has 4 N–H and O–H groups in total. The van der Waals surface area contributed by atoms with E-state index >= 15 is 0 Å². The lowest BCUT2D eigenvalue weighted by Gasteiger charge is -2.22. The van der Waals surface area contributed by atoms with E-state index in [1.807, 2.05) is 12.2 Å². The first-order chi connectivity index (χ1) is 13.3. The molecule has 28 heavy (non-hydrogen) atoms. The Morgan fingerprint density at radius 3 is 1.50 bits per heavy atom. The van der Waals surface area contributed by atoms with Gasteiger partial charge in [0.15, 0.2) is 17.2 Å². The monoisotopic (exact) mass is 382 g/mol. The Kier molecular flexibility index (Phi) is 6.15. The Morgan fingerprint density at radius 1 is 0.821 bits per heavy atom. The van der Waals surface area contributed by atoms with Crippen LogP contribution in [0.3, 0.4) is 0 Å². The van der Waals surface area contributed by atoms with Gasteiger partial charge in [0.25, 0.3) is 0 Å². The fourth-order valence-corrected chi connectivity index (χ4v) is 3.31. The number of carbonyl (C=O) groups is 1. The number of quaternary nitrogens is 2. The molecule has 7 nitrogen and oxygen atoms in total. The SMILES string of the molecule is CC1CC(=Cc2ccc([NH+]([O-])O)cc2)C(=O)C(=Cc2ccc([NH+]([O-])O)cc2)C1. The number of rotatable bonds is 4. The van der Waals surface area contributed by atoms with E-state index in [-0.39, 0.29) is 17.2 Å². The lowest BCUT2D eigenvalue weighted by Crippen LogP contribution is -2.99. The van der Waals surface area contributed by atoms with E-state index in [9.17, 15) is 15.2 Å². The highest BCUT2D eigenvalue weighted by Crippen LogP contribution is 2.32. The zero-order chi connectivity index (χ0) is 20.3. The zero-order valence-corrected chi connectivity index (χ0v) is 15.4. The summed E-state index contributed by atoms with van der Waals surface area (Å²) >= 11 is 0. The average Bonchev–Trinajstić information content (AvgIpc) is 2.66. The van der Waals surface area contributed by atoms with Gasteiger partial charge in [-0.15, -0.1) is 0 Å². The van der Waals surface area contributed by atoms with Crippen molar-refractivity contribution >= 4 is 29.3 Å². The van der Waals surface area contributed by atoms with E-state index in [0.717, 1.165) is 11.1 Å². The predicted molar refractivity (Wildman–Crippen MR) is 104 cm³/mol. The van der Waals surface area contributed by atoms with Gasteiger partial charge < -0.3 is 10.4 Å². The minimum atomic E-state index is -0.985. The third-order valence-electron chi connectivity index (χ3n) is 4.72. The molecule has 3 rings (SSSR count). The van der Waals surface area contributed by atoms with Crippen molar-refractivity contribution in [1.82, 2.24) is 0 Å². The van der Waals surface area contributed by atoms with Gasteiger partial charge in [0.05, 0.1) is 0 Å². The molecule has 2 aromatic rings. The van der Waals surface area contributed by atoms with Crippen LogP contribution in [0.1, 0.15) is 30.9 Å². The summed E-state index contributed by atoms with van der Waals surface area (Å²) < 4.78 is 0. The summed E-state index contributed by atoms with van der Waals surface area (Å²) in [5, 5.41) is 37.9. The molecule has 146 valence electrons. The summed E-state index contributed by atoms with van der Waals surface area (Å²) in [6, 6.07) is 12.8. The van der Waals surface area contributed by atoms with Gasteiger partial charge in [-0.05, 0) is 66.3 Å². The van der Waals surface area contributed by atoms with Gasteiger partial charge in [-0.1, -0.05) is 6.92 Å². The van der Waals surface area contributed by atoms with E-state index in [4.69, 9.17) is 10.4 Å². The van der Waals surface area contributed by atoms with Gasteiger partial charge in [0, 0.05) is 35.4 Å². The number of allylic oxidation sites excluding steroid dienone is 2. The van der Waals surface area contributed by atoms with Gasteiger partial charge in [0.1, 0.15) is 0 Å².